The summed E-state index contributed by atoms with van der Waals surface area (Å²) in [5.74, 6) is 0. The first-order valence-corrected chi connectivity index (χ1v) is 5.11. The highest BCUT2D eigenvalue weighted by molar-refractivity contribution is 5.11. The van der Waals surface area contributed by atoms with Crippen LogP contribution in [0.1, 0.15) is 12.5 Å². The molecule has 0 heteroatoms. The molecule has 0 N–H and O–H groups in total. The average Bonchev–Trinajstić information content (AvgIpc) is 2.31. The molecule has 0 radical (unpaired) electrons. The van der Waals surface area contributed by atoms with E-state index in [-0.39, 0.29) is 0 Å². The SMILES string of the molecule is C=CC(=C)C.C=CC=C.Cc1ccccc1. The second kappa shape index (κ2) is 13.2. The minimum absolute atomic E-state index is 1.02. The molecule has 0 aliphatic rings. The minimum Gasteiger partial charge on any atom is -0.0991 e. The lowest BCUT2D eigenvalue weighted by Crippen LogP contribution is -1.62. The second-order valence-corrected chi connectivity index (χ2v) is 3.18. The first-order chi connectivity index (χ1) is 7.58. The lowest BCUT2D eigenvalue weighted by Gasteiger charge is -1.82. The molecule has 0 nitrogen and oxygen atoms in total. The van der Waals surface area contributed by atoms with Crippen LogP contribution in [-0.2, 0) is 0 Å². The molecule has 0 heterocycles. The number of benzene rings is 1. The number of rotatable bonds is 2. The Balaban J connectivity index is 0. The van der Waals surface area contributed by atoms with E-state index in [4.69, 9.17) is 0 Å². The molecule has 0 amide bonds. The van der Waals surface area contributed by atoms with Crippen molar-refractivity contribution >= 4 is 0 Å². The molecule has 1 rings (SSSR count). The van der Waals surface area contributed by atoms with E-state index < -0.39 is 0 Å². The topological polar surface area (TPSA) is 0 Å². The van der Waals surface area contributed by atoms with Gasteiger partial charge < -0.3 is 0 Å². The highest BCUT2D eigenvalue weighted by Crippen LogP contribution is 1.92. The molecule has 0 bridgehead atoms. The summed E-state index contributed by atoms with van der Waals surface area (Å²) in [6, 6.07) is 10.3. The Kier molecular flexibility index (Phi) is 13.7. The summed E-state index contributed by atoms with van der Waals surface area (Å²) < 4.78 is 0. The normalized spacial score (nSPS) is 7.12. The van der Waals surface area contributed by atoms with Crippen LogP contribution in [0.5, 0.6) is 0 Å². The van der Waals surface area contributed by atoms with Crippen molar-refractivity contribution in [1.82, 2.24) is 0 Å². The lowest BCUT2D eigenvalue weighted by molar-refractivity contribution is 1.48. The van der Waals surface area contributed by atoms with Crippen molar-refractivity contribution in [3.8, 4) is 0 Å². The predicted octanol–water partition coefficient (Wildman–Crippen LogP) is 5.10. The van der Waals surface area contributed by atoms with Gasteiger partial charge in [-0.1, -0.05) is 86.0 Å². The van der Waals surface area contributed by atoms with Gasteiger partial charge in [0.2, 0.25) is 0 Å². The number of aryl methyl sites for hydroxylation is 1. The molecule has 0 aliphatic heterocycles. The third kappa shape index (κ3) is 18.1. The molecule has 0 saturated carbocycles. The molecule has 0 atom stereocenters. The maximum absolute atomic E-state index is 3.56. The Morgan fingerprint density at radius 2 is 1.38 bits per heavy atom. The largest absolute Gasteiger partial charge is 0.0991 e. The Morgan fingerprint density at radius 3 is 1.50 bits per heavy atom. The zero-order valence-electron chi connectivity index (χ0n) is 10.4. The van der Waals surface area contributed by atoms with Gasteiger partial charge in [0, 0.05) is 0 Å². The molecule has 0 aromatic heterocycles. The monoisotopic (exact) mass is 214 g/mol. The summed E-state index contributed by atoms with van der Waals surface area (Å²) >= 11 is 0. The van der Waals surface area contributed by atoms with Gasteiger partial charge in [-0.3, -0.25) is 0 Å². The predicted molar refractivity (Wildman–Crippen MR) is 76.6 cm³/mol. The molecule has 16 heavy (non-hydrogen) atoms. The molecule has 1 aromatic rings. The summed E-state index contributed by atoms with van der Waals surface area (Å²) in [4.78, 5) is 0. The van der Waals surface area contributed by atoms with Gasteiger partial charge in [0.25, 0.3) is 0 Å². The fourth-order valence-corrected chi connectivity index (χ4v) is 0.534. The van der Waals surface area contributed by atoms with Crippen molar-refractivity contribution in [2.24, 2.45) is 0 Å². The minimum atomic E-state index is 1.02. The van der Waals surface area contributed by atoms with E-state index >= 15 is 0 Å². The van der Waals surface area contributed by atoms with Crippen LogP contribution in [0.2, 0.25) is 0 Å². The fourth-order valence-electron chi connectivity index (χ4n) is 0.534. The summed E-state index contributed by atoms with van der Waals surface area (Å²) in [5, 5.41) is 0. The van der Waals surface area contributed by atoms with Gasteiger partial charge in [0.05, 0.1) is 0 Å². The van der Waals surface area contributed by atoms with Gasteiger partial charge in [0.15, 0.2) is 0 Å². The van der Waals surface area contributed by atoms with Gasteiger partial charge in [-0.05, 0) is 13.8 Å². The van der Waals surface area contributed by atoms with Gasteiger partial charge in [-0.2, -0.15) is 0 Å². The first-order valence-electron chi connectivity index (χ1n) is 5.11. The highest BCUT2D eigenvalue weighted by atomic mass is 13.8. The van der Waals surface area contributed by atoms with Gasteiger partial charge in [0.1, 0.15) is 0 Å². The van der Waals surface area contributed by atoms with Crippen molar-refractivity contribution in [1.29, 1.82) is 0 Å². The molecule has 1 aromatic carbocycles. The molecule has 0 spiro atoms. The highest BCUT2D eigenvalue weighted by Gasteiger charge is 1.72. The van der Waals surface area contributed by atoms with Crippen LogP contribution < -0.4 is 0 Å². The molecule has 0 aliphatic carbocycles. The van der Waals surface area contributed by atoms with Crippen LogP contribution in [0.15, 0.2) is 80.4 Å². The van der Waals surface area contributed by atoms with Gasteiger partial charge >= 0.3 is 0 Å². The third-order valence-corrected chi connectivity index (χ3v) is 1.46. The Morgan fingerprint density at radius 1 is 1.00 bits per heavy atom. The fraction of sp³-hybridized carbons (Fsp3) is 0.125. The maximum atomic E-state index is 3.56. The van der Waals surface area contributed by atoms with Gasteiger partial charge in [-0.15, -0.1) is 0 Å². The van der Waals surface area contributed by atoms with Crippen LogP contribution in [-0.4, -0.2) is 0 Å². The molecule has 0 fully saturated rings. The summed E-state index contributed by atoms with van der Waals surface area (Å²) in [5.41, 5.74) is 2.34. The Labute approximate surface area is 100 Å². The van der Waals surface area contributed by atoms with Crippen molar-refractivity contribution in [3.63, 3.8) is 0 Å². The summed E-state index contributed by atoms with van der Waals surface area (Å²) in [6.45, 7) is 17.7. The molecule has 0 saturated heterocycles. The smallest absolute Gasteiger partial charge is 0.0398 e. The van der Waals surface area contributed by atoms with E-state index in [9.17, 15) is 0 Å². The van der Waals surface area contributed by atoms with Crippen LogP contribution in [0.3, 0.4) is 0 Å². The third-order valence-electron chi connectivity index (χ3n) is 1.46. The maximum Gasteiger partial charge on any atom is -0.0398 e. The number of allylic oxidation sites excluding steroid dienone is 4. The van der Waals surface area contributed by atoms with E-state index in [1.165, 1.54) is 5.56 Å². The van der Waals surface area contributed by atoms with Crippen LogP contribution in [0, 0.1) is 6.92 Å². The van der Waals surface area contributed by atoms with E-state index in [2.05, 4.69) is 45.4 Å². The lowest BCUT2D eigenvalue weighted by atomic mass is 10.2. The number of hydrogen-bond donors (Lipinski definition) is 0. The summed E-state index contributed by atoms with van der Waals surface area (Å²) in [6.07, 6.45) is 5.00. The van der Waals surface area contributed by atoms with Crippen LogP contribution in [0.4, 0.5) is 0 Å². The van der Waals surface area contributed by atoms with Crippen molar-refractivity contribution in [2.75, 3.05) is 0 Å². The van der Waals surface area contributed by atoms with Crippen LogP contribution in [0.25, 0.3) is 0 Å². The molecule has 0 unspecified atom stereocenters. The second-order valence-electron chi connectivity index (χ2n) is 3.18. The first kappa shape index (κ1) is 16.6. The van der Waals surface area contributed by atoms with E-state index in [1.54, 1.807) is 18.2 Å². The molecular formula is C16H22. The Hall–Kier alpha value is -1.82. The van der Waals surface area contributed by atoms with Crippen molar-refractivity contribution in [3.05, 3.63) is 86.0 Å². The Bertz CT molecular complexity index is 298. The van der Waals surface area contributed by atoms with Crippen molar-refractivity contribution in [2.45, 2.75) is 13.8 Å². The van der Waals surface area contributed by atoms with E-state index in [0.29, 0.717) is 0 Å². The zero-order valence-corrected chi connectivity index (χ0v) is 10.4. The average molecular weight is 214 g/mol. The van der Waals surface area contributed by atoms with E-state index in [1.807, 2.05) is 25.1 Å². The quantitative estimate of drug-likeness (QED) is 0.601. The zero-order chi connectivity index (χ0) is 12.8. The molecule has 86 valence electrons. The summed E-state index contributed by atoms with van der Waals surface area (Å²) in [7, 11) is 0. The number of hydrogen-bond acceptors (Lipinski definition) is 0. The van der Waals surface area contributed by atoms with Crippen LogP contribution >= 0.6 is 0 Å². The van der Waals surface area contributed by atoms with E-state index in [0.717, 1.165) is 5.57 Å². The molecular weight excluding hydrogens is 192 g/mol. The standard InChI is InChI=1S/C7H8.C5H8.C4H6/c1-7-5-3-2-4-6-7;1-4-5(2)3;1-3-4-2/h2-6H,1H3;4H,1-2H2,3H3;3-4H,1-2H2. The van der Waals surface area contributed by atoms with Gasteiger partial charge in [-0.25, -0.2) is 0 Å². The van der Waals surface area contributed by atoms with Crippen molar-refractivity contribution < 1.29 is 0 Å².